The van der Waals surface area contributed by atoms with Gasteiger partial charge in [-0.15, -0.1) is 11.3 Å². The Balaban J connectivity index is 1.52. The van der Waals surface area contributed by atoms with Crippen LogP contribution in [0.15, 0.2) is 41.3 Å². The minimum atomic E-state index is -3.79. The highest BCUT2D eigenvalue weighted by Gasteiger charge is 2.20. The van der Waals surface area contributed by atoms with Crippen LogP contribution in [0.4, 0.5) is 5.13 Å². The van der Waals surface area contributed by atoms with Gasteiger partial charge >= 0.3 is 0 Å². The fourth-order valence-electron chi connectivity index (χ4n) is 3.01. The van der Waals surface area contributed by atoms with E-state index in [1.54, 1.807) is 0 Å². The number of fused-ring (bicyclic) bond motifs is 1. The van der Waals surface area contributed by atoms with Crippen LogP contribution in [0.2, 0.25) is 5.02 Å². The van der Waals surface area contributed by atoms with Gasteiger partial charge in [0, 0.05) is 16.9 Å². The molecule has 162 valence electrons. The third kappa shape index (κ3) is 4.52. The predicted molar refractivity (Wildman–Crippen MR) is 118 cm³/mol. The molecule has 4 rings (SSSR count). The number of carbonyl (C=O) groups excluding carboxylic acids is 1. The van der Waals surface area contributed by atoms with E-state index in [2.05, 4.69) is 15.0 Å². The summed E-state index contributed by atoms with van der Waals surface area (Å²) in [5, 5.41) is 3.18. The van der Waals surface area contributed by atoms with Gasteiger partial charge in [-0.05, 0) is 49.9 Å². The molecule has 3 aromatic rings. The number of sulfonamides is 1. The number of hydrogen-bond donors (Lipinski definition) is 2. The number of hydrogen-bond acceptors (Lipinski definition) is 7. The summed E-state index contributed by atoms with van der Waals surface area (Å²) in [6.07, 6.45) is 0.627. The third-order valence-corrected chi connectivity index (χ3v) is 7.64. The van der Waals surface area contributed by atoms with Crippen molar-refractivity contribution in [2.75, 3.05) is 19.2 Å². The van der Waals surface area contributed by atoms with E-state index in [0.29, 0.717) is 17.3 Å². The number of nitrogens with one attached hydrogen (secondary N) is 2. The quantitative estimate of drug-likeness (QED) is 0.559. The lowest BCUT2D eigenvalue weighted by molar-refractivity contribution is 0.102. The van der Waals surface area contributed by atoms with Gasteiger partial charge in [0.25, 0.3) is 5.91 Å². The number of benzene rings is 2. The van der Waals surface area contributed by atoms with E-state index in [1.165, 1.54) is 36.6 Å². The zero-order chi connectivity index (χ0) is 22.2. The van der Waals surface area contributed by atoms with Crippen LogP contribution in [-0.4, -0.2) is 33.1 Å². The van der Waals surface area contributed by atoms with Crippen molar-refractivity contribution in [3.8, 4) is 11.5 Å². The largest absolute Gasteiger partial charge is 0.454 e. The molecular formula is C20H18ClN3O5S2. The Morgan fingerprint density at radius 1 is 1.19 bits per heavy atom. The number of halogens is 1. The van der Waals surface area contributed by atoms with Crippen molar-refractivity contribution in [1.29, 1.82) is 0 Å². The Hall–Kier alpha value is -2.66. The highest BCUT2D eigenvalue weighted by Crippen LogP contribution is 2.34. The van der Waals surface area contributed by atoms with Gasteiger partial charge in [0.15, 0.2) is 16.6 Å². The van der Waals surface area contributed by atoms with Crippen molar-refractivity contribution < 1.29 is 22.7 Å². The molecule has 11 heteroatoms. The summed E-state index contributed by atoms with van der Waals surface area (Å²) in [5.74, 6) is 0.955. The smallest absolute Gasteiger partial charge is 0.257 e. The van der Waals surface area contributed by atoms with Crippen molar-refractivity contribution in [3.63, 3.8) is 0 Å². The van der Waals surface area contributed by atoms with Crippen LogP contribution in [0.5, 0.6) is 11.5 Å². The molecule has 2 aromatic carbocycles. The second-order valence-electron chi connectivity index (χ2n) is 6.70. The number of thiazole rings is 1. The summed E-state index contributed by atoms with van der Waals surface area (Å²) in [4.78, 5) is 17.9. The predicted octanol–water partition coefficient (Wildman–Crippen LogP) is 3.58. The average molecular weight is 480 g/mol. The first-order valence-electron chi connectivity index (χ1n) is 9.16. The number of aromatic nitrogens is 1. The van der Waals surface area contributed by atoms with Crippen molar-refractivity contribution in [2.45, 2.75) is 18.2 Å². The van der Waals surface area contributed by atoms with Gasteiger partial charge in [-0.2, -0.15) is 0 Å². The zero-order valence-corrected chi connectivity index (χ0v) is 19.0. The molecule has 31 heavy (non-hydrogen) atoms. The number of ether oxygens (including phenoxy) is 2. The number of amides is 1. The normalized spacial score (nSPS) is 12.7. The first kappa shape index (κ1) is 21.6. The summed E-state index contributed by atoms with van der Waals surface area (Å²) in [6, 6.07) is 9.82. The van der Waals surface area contributed by atoms with E-state index in [-0.39, 0.29) is 22.3 Å². The molecule has 1 aliphatic heterocycles. The molecule has 0 radical (unpaired) electrons. The van der Waals surface area contributed by atoms with Crippen molar-refractivity contribution in [1.82, 2.24) is 9.71 Å². The van der Waals surface area contributed by atoms with Gasteiger partial charge in [-0.3, -0.25) is 10.1 Å². The Morgan fingerprint density at radius 3 is 2.74 bits per heavy atom. The first-order valence-corrected chi connectivity index (χ1v) is 11.8. The van der Waals surface area contributed by atoms with Gasteiger partial charge in [0.1, 0.15) is 4.90 Å². The number of aryl methyl sites for hydroxylation is 1. The Morgan fingerprint density at radius 2 is 1.97 bits per heavy atom. The highest BCUT2D eigenvalue weighted by atomic mass is 35.5. The molecule has 0 saturated carbocycles. The molecule has 0 unspecified atom stereocenters. The van der Waals surface area contributed by atoms with Crippen molar-refractivity contribution in [2.24, 2.45) is 0 Å². The topological polar surface area (TPSA) is 107 Å². The molecule has 0 saturated heterocycles. The molecule has 1 amide bonds. The summed E-state index contributed by atoms with van der Waals surface area (Å²) < 4.78 is 37.1. The SMILES string of the molecule is CNS(=O)(=O)c1cc(C(=O)Nc2nc(C)c(Cc3ccc4c(c3)OCO4)s2)ccc1Cl. The molecule has 2 heterocycles. The van der Waals surface area contributed by atoms with E-state index in [9.17, 15) is 13.2 Å². The fourth-order valence-corrected chi connectivity index (χ4v) is 5.25. The molecule has 1 aliphatic rings. The molecule has 0 aliphatic carbocycles. The average Bonchev–Trinajstić information content (AvgIpc) is 3.34. The van der Waals surface area contributed by atoms with E-state index < -0.39 is 15.9 Å². The molecule has 2 N–H and O–H groups in total. The standard InChI is InChI=1S/C20H18ClN3O5S2/c1-11-17(8-12-3-6-15-16(7-12)29-10-28-15)30-20(23-11)24-19(25)13-4-5-14(21)18(9-13)31(26,27)22-2/h3-7,9,22H,8,10H2,1-2H3,(H,23,24,25). The molecule has 0 spiro atoms. The van der Waals surface area contributed by atoms with E-state index >= 15 is 0 Å². The van der Waals surface area contributed by atoms with Gasteiger partial charge in [-0.1, -0.05) is 17.7 Å². The number of nitrogens with zero attached hydrogens (tertiary/aromatic N) is 1. The van der Waals surface area contributed by atoms with Crippen LogP contribution in [0.25, 0.3) is 0 Å². The Kier molecular flexibility index (Phi) is 5.89. The van der Waals surface area contributed by atoms with E-state index in [1.807, 2.05) is 25.1 Å². The zero-order valence-electron chi connectivity index (χ0n) is 16.6. The first-order chi connectivity index (χ1) is 14.8. The lowest BCUT2D eigenvalue weighted by atomic mass is 10.1. The second-order valence-corrected chi connectivity index (χ2v) is 10.0. The lowest BCUT2D eigenvalue weighted by Crippen LogP contribution is -2.20. The third-order valence-electron chi connectivity index (χ3n) is 4.67. The maximum absolute atomic E-state index is 12.7. The van der Waals surface area contributed by atoms with Crippen molar-refractivity contribution >= 4 is 44.0 Å². The minimum Gasteiger partial charge on any atom is -0.454 e. The van der Waals surface area contributed by atoms with E-state index in [0.717, 1.165) is 21.9 Å². The van der Waals surface area contributed by atoms with Gasteiger partial charge in [0.2, 0.25) is 16.8 Å². The van der Waals surface area contributed by atoms with Crippen LogP contribution >= 0.6 is 22.9 Å². The summed E-state index contributed by atoms with van der Waals surface area (Å²) >= 11 is 7.34. The van der Waals surface area contributed by atoms with Gasteiger partial charge in [0.05, 0.1) is 10.7 Å². The minimum absolute atomic E-state index is 0.0296. The molecule has 8 nitrogen and oxygen atoms in total. The van der Waals surface area contributed by atoms with Crippen LogP contribution in [0.3, 0.4) is 0 Å². The van der Waals surface area contributed by atoms with Crippen LogP contribution < -0.4 is 19.5 Å². The fraction of sp³-hybridized carbons (Fsp3) is 0.200. The Bertz CT molecular complexity index is 1270. The maximum atomic E-state index is 12.7. The highest BCUT2D eigenvalue weighted by molar-refractivity contribution is 7.89. The van der Waals surface area contributed by atoms with E-state index in [4.69, 9.17) is 21.1 Å². The summed E-state index contributed by atoms with van der Waals surface area (Å²) in [5.41, 5.74) is 1.99. The van der Waals surface area contributed by atoms with Crippen molar-refractivity contribution in [3.05, 3.63) is 63.1 Å². The maximum Gasteiger partial charge on any atom is 0.257 e. The summed E-state index contributed by atoms with van der Waals surface area (Å²) in [6.45, 7) is 2.09. The monoisotopic (exact) mass is 479 g/mol. The van der Waals surface area contributed by atoms with Gasteiger partial charge < -0.3 is 9.47 Å². The van der Waals surface area contributed by atoms with Crippen LogP contribution in [0.1, 0.15) is 26.5 Å². The van der Waals surface area contributed by atoms with Gasteiger partial charge in [-0.25, -0.2) is 18.1 Å². The molecular weight excluding hydrogens is 462 g/mol. The van der Waals surface area contributed by atoms with Crippen LogP contribution in [-0.2, 0) is 16.4 Å². The molecule has 1 aromatic heterocycles. The number of carbonyl (C=O) groups is 1. The number of anilines is 1. The molecule has 0 bridgehead atoms. The Labute approximate surface area is 188 Å². The summed E-state index contributed by atoms with van der Waals surface area (Å²) in [7, 11) is -2.52. The number of rotatable bonds is 6. The van der Waals surface area contributed by atoms with Crippen LogP contribution in [0, 0.1) is 6.92 Å². The molecule has 0 fully saturated rings. The second kappa shape index (κ2) is 8.46. The molecule has 0 atom stereocenters. The lowest BCUT2D eigenvalue weighted by Gasteiger charge is -2.07.